The minimum atomic E-state index is 0.342. The van der Waals surface area contributed by atoms with E-state index in [4.69, 9.17) is 10.9 Å². The second-order valence-electron chi connectivity index (χ2n) is 4.77. The van der Waals surface area contributed by atoms with Crippen LogP contribution in [-0.2, 0) is 0 Å². The van der Waals surface area contributed by atoms with Gasteiger partial charge in [0.2, 0.25) is 0 Å². The number of likely N-dealkylation sites (tertiary alicyclic amines) is 1. The number of amidine groups is 1. The van der Waals surface area contributed by atoms with Gasteiger partial charge in [0.1, 0.15) is 5.84 Å². The summed E-state index contributed by atoms with van der Waals surface area (Å²) in [7, 11) is 0. The summed E-state index contributed by atoms with van der Waals surface area (Å²) in [5.74, 6) is 1.85. The predicted octanol–water partition coefficient (Wildman–Crippen LogP) is 1.49. The van der Waals surface area contributed by atoms with E-state index in [1.165, 1.54) is 0 Å². The van der Waals surface area contributed by atoms with Crippen molar-refractivity contribution in [3.05, 3.63) is 0 Å². The summed E-state index contributed by atoms with van der Waals surface area (Å²) >= 11 is 0. The summed E-state index contributed by atoms with van der Waals surface area (Å²) in [6, 6.07) is 0.424. The molecule has 4 heteroatoms. The molecule has 88 valence electrons. The predicted molar refractivity (Wildman–Crippen MR) is 62.0 cm³/mol. The average Bonchev–Trinajstić information content (AvgIpc) is 2.55. The molecule has 3 atom stereocenters. The zero-order valence-corrected chi connectivity index (χ0v) is 9.98. The molecule has 15 heavy (non-hydrogen) atoms. The third kappa shape index (κ3) is 3.09. The van der Waals surface area contributed by atoms with Crippen LogP contribution in [0.2, 0.25) is 0 Å². The molecule has 0 aromatic carbocycles. The second kappa shape index (κ2) is 5.35. The van der Waals surface area contributed by atoms with Crippen molar-refractivity contribution in [2.75, 3.05) is 13.1 Å². The molecule has 0 aromatic rings. The fourth-order valence-corrected chi connectivity index (χ4v) is 2.29. The standard InChI is InChI=1S/C11H23N3O/c1-4-10(5-11(12)13-15)14-6-8(2)9(3)7-14/h8-10,15H,4-7H2,1-3H3,(H2,12,13). The van der Waals surface area contributed by atoms with Crippen molar-refractivity contribution in [1.29, 1.82) is 0 Å². The molecule has 0 spiro atoms. The van der Waals surface area contributed by atoms with Gasteiger partial charge >= 0.3 is 0 Å². The van der Waals surface area contributed by atoms with Crippen LogP contribution in [0.3, 0.4) is 0 Å². The van der Waals surface area contributed by atoms with Crippen LogP contribution in [0.5, 0.6) is 0 Å². The molecule has 0 aliphatic carbocycles. The zero-order chi connectivity index (χ0) is 11.4. The van der Waals surface area contributed by atoms with E-state index in [2.05, 4.69) is 30.8 Å². The van der Waals surface area contributed by atoms with E-state index in [0.717, 1.165) is 31.3 Å². The maximum Gasteiger partial charge on any atom is 0.140 e. The van der Waals surface area contributed by atoms with E-state index in [-0.39, 0.29) is 0 Å². The molecule has 1 rings (SSSR count). The summed E-state index contributed by atoms with van der Waals surface area (Å²) in [6.07, 6.45) is 1.72. The lowest BCUT2D eigenvalue weighted by Crippen LogP contribution is -2.36. The topological polar surface area (TPSA) is 61.9 Å². The van der Waals surface area contributed by atoms with Gasteiger partial charge in [0, 0.05) is 25.6 Å². The first kappa shape index (κ1) is 12.3. The minimum absolute atomic E-state index is 0.342. The zero-order valence-electron chi connectivity index (χ0n) is 9.98. The molecule has 0 aromatic heterocycles. The van der Waals surface area contributed by atoms with Crippen molar-refractivity contribution in [3.63, 3.8) is 0 Å². The molecule has 1 aliphatic heterocycles. The fraction of sp³-hybridized carbons (Fsp3) is 0.909. The summed E-state index contributed by atoms with van der Waals surface area (Å²) in [5.41, 5.74) is 5.56. The number of hydrogen-bond donors (Lipinski definition) is 2. The third-order valence-corrected chi connectivity index (χ3v) is 3.58. The van der Waals surface area contributed by atoms with Gasteiger partial charge in [-0.15, -0.1) is 0 Å². The monoisotopic (exact) mass is 213 g/mol. The molecule has 0 amide bonds. The molecule has 0 bridgehead atoms. The Labute approximate surface area is 92.1 Å². The summed E-state index contributed by atoms with van der Waals surface area (Å²) < 4.78 is 0. The average molecular weight is 213 g/mol. The Bertz CT molecular complexity index is 220. The summed E-state index contributed by atoms with van der Waals surface area (Å²) in [4.78, 5) is 2.47. The smallest absolute Gasteiger partial charge is 0.140 e. The highest BCUT2D eigenvalue weighted by atomic mass is 16.4. The molecular weight excluding hydrogens is 190 g/mol. The van der Waals surface area contributed by atoms with Gasteiger partial charge < -0.3 is 10.9 Å². The maximum absolute atomic E-state index is 8.57. The van der Waals surface area contributed by atoms with E-state index < -0.39 is 0 Å². The van der Waals surface area contributed by atoms with Crippen molar-refractivity contribution in [1.82, 2.24) is 4.90 Å². The molecule has 3 unspecified atom stereocenters. The Hall–Kier alpha value is -0.770. The van der Waals surface area contributed by atoms with Gasteiger partial charge in [0.15, 0.2) is 0 Å². The van der Waals surface area contributed by atoms with Gasteiger partial charge in [0.25, 0.3) is 0 Å². The normalized spacial score (nSPS) is 30.7. The highest BCUT2D eigenvalue weighted by Gasteiger charge is 2.30. The molecule has 1 fully saturated rings. The van der Waals surface area contributed by atoms with E-state index in [1.807, 2.05) is 0 Å². The lowest BCUT2D eigenvalue weighted by Gasteiger charge is -2.26. The third-order valence-electron chi connectivity index (χ3n) is 3.58. The molecule has 3 N–H and O–H groups in total. The van der Waals surface area contributed by atoms with E-state index in [9.17, 15) is 0 Å². The number of rotatable bonds is 4. The molecule has 1 aliphatic rings. The summed E-state index contributed by atoms with van der Waals surface area (Å²) in [6.45, 7) is 9.02. The first-order chi connectivity index (χ1) is 7.08. The van der Waals surface area contributed by atoms with Crippen LogP contribution in [0.4, 0.5) is 0 Å². The lowest BCUT2D eigenvalue weighted by molar-refractivity contribution is 0.228. The van der Waals surface area contributed by atoms with Crippen molar-refractivity contribution in [2.45, 2.75) is 39.7 Å². The SMILES string of the molecule is CCC(CC(N)=NO)N1CC(C)C(C)C1. The molecule has 1 heterocycles. The second-order valence-corrected chi connectivity index (χ2v) is 4.77. The number of oxime groups is 1. The van der Waals surface area contributed by atoms with Crippen LogP contribution in [0.15, 0.2) is 5.16 Å². The van der Waals surface area contributed by atoms with Crippen molar-refractivity contribution >= 4 is 5.84 Å². The molecule has 0 radical (unpaired) electrons. The first-order valence-electron chi connectivity index (χ1n) is 5.78. The van der Waals surface area contributed by atoms with Crippen LogP contribution in [0.25, 0.3) is 0 Å². The van der Waals surface area contributed by atoms with E-state index >= 15 is 0 Å². The van der Waals surface area contributed by atoms with Crippen LogP contribution >= 0.6 is 0 Å². The van der Waals surface area contributed by atoms with Crippen molar-refractivity contribution in [3.8, 4) is 0 Å². The number of hydrogen-bond acceptors (Lipinski definition) is 3. The Morgan fingerprint density at radius 1 is 1.47 bits per heavy atom. The van der Waals surface area contributed by atoms with E-state index in [1.54, 1.807) is 0 Å². The number of nitrogens with zero attached hydrogens (tertiary/aromatic N) is 2. The largest absolute Gasteiger partial charge is 0.409 e. The highest BCUT2D eigenvalue weighted by Crippen LogP contribution is 2.25. The van der Waals surface area contributed by atoms with Crippen molar-refractivity contribution < 1.29 is 5.21 Å². The van der Waals surface area contributed by atoms with Crippen LogP contribution in [-0.4, -0.2) is 35.1 Å². The number of nitrogens with two attached hydrogens (primary N) is 1. The Balaban J connectivity index is 2.53. The van der Waals surface area contributed by atoms with Gasteiger partial charge in [-0.3, -0.25) is 4.90 Å². The van der Waals surface area contributed by atoms with Crippen LogP contribution < -0.4 is 5.73 Å². The van der Waals surface area contributed by atoms with Crippen LogP contribution in [0.1, 0.15) is 33.6 Å². The highest BCUT2D eigenvalue weighted by molar-refractivity contribution is 5.80. The van der Waals surface area contributed by atoms with Gasteiger partial charge in [-0.05, 0) is 18.3 Å². The first-order valence-corrected chi connectivity index (χ1v) is 5.78. The summed E-state index contributed by atoms with van der Waals surface area (Å²) in [5, 5.41) is 11.6. The van der Waals surface area contributed by atoms with Crippen LogP contribution in [0, 0.1) is 11.8 Å². The fourth-order valence-electron chi connectivity index (χ4n) is 2.29. The minimum Gasteiger partial charge on any atom is -0.409 e. The van der Waals surface area contributed by atoms with Gasteiger partial charge in [-0.25, -0.2) is 0 Å². The van der Waals surface area contributed by atoms with Crippen molar-refractivity contribution in [2.24, 2.45) is 22.7 Å². The molecule has 1 saturated heterocycles. The quantitative estimate of drug-likeness (QED) is 0.322. The molecular formula is C11H23N3O. The Morgan fingerprint density at radius 3 is 2.40 bits per heavy atom. The van der Waals surface area contributed by atoms with E-state index in [0.29, 0.717) is 18.3 Å². The maximum atomic E-state index is 8.57. The lowest BCUT2D eigenvalue weighted by atomic mass is 10.0. The van der Waals surface area contributed by atoms with Gasteiger partial charge in [-0.2, -0.15) is 0 Å². The molecule has 4 nitrogen and oxygen atoms in total. The molecule has 0 saturated carbocycles. The Morgan fingerprint density at radius 2 is 2.00 bits per heavy atom. The van der Waals surface area contributed by atoms with Gasteiger partial charge in [-0.1, -0.05) is 25.9 Å². The van der Waals surface area contributed by atoms with Gasteiger partial charge in [0.05, 0.1) is 0 Å². The Kier molecular flexibility index (Phi) is 4.39.